The van der Waals surface area contributed by atoms with Crippen molar-refractivity contribution in [3.8, 4) is 5.75 Å². The van der Waals surface area contributed by atoms with E-state index in [1.165, 1.54) is 6.07 Å². The second kappa shape index (κ2) is 3.75. The summed E-state index contributed by atoms with van der Waals surface area (Å²) in [5.74, 6) is -0.413. The van der Waals surface area contributed by atoms with Gasteiger partial charge in [0.05, 0.1) is 5.02 Å². The fraction of sp³-hybridized carbons (Fsp3) is 0.400. The van der Waals surface area contributed by atoms with Crippen LogP contribution in [-0.2, 0) is 0 Å². The largest absolute Gasteiger partial charge is 0.506 e. The highest BCUT2D eigenvalue weighted by atomic mass is 35.5. The third-order valence-corrected chi connectivity index (χ3v) is 2.78. The molecule has 4 heteroatoms. The van der Waals surface area contributed by atoms with Crippen LogP contribution < -0.4 is 5.32 Å². The van der Waals surface area contributed by atoms with Gasteiger partial charge in [-0.25, -0.2) is 4.39 Å². The van der Waals surface area contributed by atoms with Crippen LogP contribution in [0.3, 0.4) is 0 Å². The van der Waals surface area contributed by atoms with E-state index in [4.69, 9.17) is 11.6 Å². The molecule has 0 aliphatic carbocycles. The molecular weight excluding hydrogens is 205 g/mol. The fourth-order valence-electron chi connectivity index (χ4n) is 1.80. The third-order valence-electron chi connectivity index (χ3n) is 2.49. The first-order chi connectivity index (χ1) is 6.68. The summed E-state index contributed by atoms with van der Waals surface area (Å²) in [6, 6.07) is 2.49. The fourth-order valence-corrected chi connectivity index (χ4v) is 2.01. The minimum Gasteiger partial charge on any atom is -0.506 e. The van der Waals surface area contributed by atoms with Gasteiger partial charge in [0.2, 0.25) is 0 Å². The molecule has 1 saturated heterocycles. The number of benzene rings is 1. The van der Waals surface area contributed by atoms with Crippen LogP contribution in [0.2, 0.25) is 5.02 Å². The molecule has 2 rings (SSSR count). The molecule has 0 amide bonds. The Kier molecular flexibility index (Phi) is 2.61. The van der Waals surface area contributed by atoms with E-state index < -0.39 is 5.82 Å². The van der Waals surface area contributed by atoms with Crippen LogP contribution in [-0.4, -0.2) is 11.7 Å². The highest BCUT2D eigenvalue weighted by molar-refractivity contribution is 6.32. The summed E-state index contributed by atoms with van der Waals surface area (Å²) in [5.41, 5.74) is 0.563. The quantitative estimate of drug-likeness (QED) is 0.755. The van der Waals surface area contributed by atoms with Gasteiger partial charge in [0.1, 0.15) is 11.6 Å². The van der Waals surface area contributed by atoms with E-state index >= 15 is 0 Å². The van der Waals surface area contributed by atoms with E-state index in [0.29, 0.717) is 5.56 Å². The molecule has 1 aliphatic rings. The Morgan fingerprint density at radius 1 is 1.50 bits per heavy atom. The van der Waals surface area contributed by atoms with Crippen LogP contribution >= 0.6 is 11.6 Å². The average Bonchev–Trinajstić information content (AvgIpc) is 2.63. The molecule has 1 atom stereocenters. The highest BCUT2D eigenvalue weighted by Gasteiger charge is 2.21. The number of aromatic hydroxyl groups is 1. The Morgan fingerprint density at radius 2 is 2.29 bits per heavy atom. The van der Waals surface area contributed by atoms with Crippen LogP contribution in [0.25, 0.3) is 0 Å². The van der Waals surface area contributed by atoms with Gasteiger partial charge in [-0.15, -0.1) is 0 Å². The molecule has 0 unspecified atom stereocenters. The summed E-state index contributed by atoms with van der Waals surface area (Å²) in [4.78, 5) is 0. The minimum absolute atomic E-state index is 0.00698. The monoisotopic (exact) mass is 215 g/mol. The molecule has 1 fully saturated rings. The van der Waals surface area contributed by atoms with Crippen LogP contribution in [0.1, 0.15) is 24.4 Å². The second-order valence-electron chi connectivity index (χ2n) is 3.47. The summed E-state index contributed by atoms with van der Waals surface area (Å²) in [6.45, 7) is 0.901. The van der Waals surface area contributed by atoms with E-state index in [2.05, 4.69) is 5.32 Å². The van der Waals surface area contributed by atoms with Crippen molar-refractivity contribution in [1.29, 1.82) is 0 Å². The Labute approximate surface area is 86.7 Å². The average molecular weight is 216 g/mol. The number of halogens is 2. The topological polar surface area (TPSA) is 32.3 Å². The smallest absolute Gasteiger partial charge is 0.139 e. The molecule has 0 bridgehead atoms. The van der Waals surface area contributed by atoms with Crippen molar-refractivity contribution in [3.05, 3.63) is 28.5 Å². The Balaban J connectivity index is 2.40. The van der Waals surface area contributed by atoms with Crippen LogP contribution in [0.15, 0.2) is 12.1 Å². The third kappa shape index (κ3) is 1.70. The van der Waals surface area contributed by atoms with E-state index in [0.717, 1.165) is 25.5 Å². The van der Waals surface area contributed by atoms with E-state index in [-0.39, 0.29) is 16.8 Å². The Hall–Kier alpha value is -0.800. The van der Waals surface area contributed by atoms with Gasteiger partial charge in [0, 0.05) is 11.6 Å². The van der Waals surface area contributed by atoms with Gasteiger partial charge in [-0.2, -0.15) is 0 Å². The van der Waals surface area contributed by atoms with Crippen molar-refractivity contribution < 1.29 is 9.50 Å². The first kappa shape index (κ1) is 9.74. The van der Waals surface area contributed by atoms with Gasteiger partial charge in [-0.1, -0.05) is 11.6 Å². The molecule has 1 aliphatic heterocycles. The van der Waals surface area contributed by atoms with Gasteiger partial charge in [-0.3, -0.25) is 0 Å². The number of rotatable bonds is 1. The molecule has 1 aromatic rings. The maximum Gasteiger partial charge on any atom is 0.139 e. The number of phenolic OH excluding ortho intramolecular Hbond substituents is 1. The lowest BCUT2D eigenvalue weighted by Crippen LogP contribution is -2.13. The maximum absolute atomic E-state index is 13.0. The van der Waals surface area contributed by atoms with Crippen molar-refractivity contribution in [1.82, 2.24) is 5.32 Å². The first-order valence-electron chi connectivity index (χ1n) is 4.60. The molecule has 0 spiro atoms. The molecule has 2 nitrogen and oxygen atoms in total. The predicted molar refractivity (Wildman–Crippen MR) is 53.1 cm³/mol. The molecule has 1 heterocycles. The van der Waals surface area contributed by atoms with Crippen molar-refractivity contribution in [2.24, 2.45) is 0 Å². The van der Waals surface area contributed by atoms with Gasteiger partial charge in [0.15, 0.2) is 0 Å². The van der Waals surface area contributed by atoms with Gasteiger partial charge in [0.25, 0.3) is 0 Å². The summed E-state index contributed by atoms with van der Waals surface area (Å²) >= 11 is 5.68. The number of phenols is 1. The number of hydrogen-bond donors (Lipinski definition) is 2. The van der Waals surface area contributed by atoms with Crippen molar-refractivity contribution >= 4 is 11.6 Å². The normalized spacial score (nSPS) is 21.4. The van der Waals surface area contributed by atoms with E-state index in [1.54, 1.807) is 0 Å². The summed E-state index contributed by atoms with van der Waals surface area (Å²) in [5, 5.41) is 12.9. The van der Waals surface area contributed by atoms with Crippen LogP contribution in [0.5, 0.6) is 5.75 Å². The zero-order valence-electron chi connectivity index (χ0n) is 7.56. The maximum atomic E-state index is 13.0. The molecule has 14 heavy (non-hydrogen) atoms. The summed E-state index contributed by atoms with van der Waals surface area (Å²) < 4.78 is 13.0. The molecular formula is C10H11ClFNO. The molecule has 0 saturated carbocycles. The van der Waals surface area contributed by atoms with Crippen LogP contribution in [0.4, 0.5) is 4.39 Å². The second-order valence-corrected chi connectivity index (χ2v) is 3.88. The van der Waals surface area contributed by atoms with Crippen molar-refractivity contribution in [3.63, 3.8) is 0 Å². The van der Waals surface area contributed by atoms with E-state index in [1.807, 2.05) is 0 Å². The zero-order chi connectivity index (χ0) is 10.1. The molecule has 0 radical (unpaired) electrons. The lowest BCUT2D eigenvalue weighted by molar-refractivity contribution is 0.454. The highest BCUT2D eigenvalue weighted by Crippen LogP contribution is 2.35. The molecule has 1 aromatic carbocycles. The number of nitrogens with one attached hydrogen (secondary N) is 1. The van der Waals surface area contributed by atoms with Crippen molar-refractivity contribution in [2.45, 2.75) is 18.9 Å². The van der Waals surface area contributed by atoms with Gasteiger partial charge < -0.3 is 10.4 Å². The summed E-state index contributed by atoms with van der Waals surface area (Å²) in [6.07, 6.45) is 1.95. The van der Waals surface area contributed by atoms with Gasteiger partial charge in [-0.05, 0) is 31.5 Å². The Morgan fingerprint density at radius 3 is 2.93 bits per heavy atom. The SMILES string of the molecule is Oc1c(Cl)cc(F)cc1[C@H]1CCCN1. The Bertz CT molecular complexity index is 350. The molecule has 0 aromatic heterocycles. The molecule has 2 N–H and O–H groups in total. The minimum atomic E-state index is -0.406. The predicted octanol–water partition coefficient (Wildman–Crippen LogP) is 2.61. The van der Waals surface area contributed by atoms with Gasteiger partial charge >= 0.3 is 0 Å². The number of hydrogen-bond acceptors (Lipinski definition) is 2. The van der Waals surface area contributed by atoms with Crippen LogP contribution in [0, 0.1) is 5.82 Å². The zero-order valence-corrected chi connectivity index (χ0v) is 8.31. The lowest BCUT2D eigenvalue weighted by atomic mass is 10.0. The van der Waals surface area contributed by atoms with Crippen molar-refractivity contribution in [2.75, 3.05) is 6.54 Å². The summed E-state index contributed by atoms with van der Waals surface area (Å²) in [7, 11) is 0. The lowest BCUT2D eigenvalue weighted by Gasteiger charge is -2.13. The van der Waals surface area contributed by atoms with E-state index in [9.17, 15) is 9.50 Å². The first-order valence-corrected chi connectivity index (χ1v) is 4.97. The standard InChI is InChI=1S/C10H11ClFNO/c11-8-5-6(12)4-7(10(8)14)9-2-1-3-13-9/h4-5,9,13-14H,1-3H2/t9-/m1/s1. The molecule has 76 valence electrons.